The molecule has 4 heteroatoms. The van der Waals surface area contributed by atoms with Gasteiger partial charge in [0.1, 0.15) is 5.75 Å². The quantitative estimate of drug-likeness (QED) is 0.776. The van der Waals surface area contributed by atoms with E-state index in [1.54, 1.807) is 14.2 Å². The van der Waals surface area contributed by atoms with E-state index in [2.05, 4.69) is 41.7 Å². The van der Waals surface area contributed by atoms with E-state index in [4.69, 9.17) is 14.2 Å². The zero-order valence-electron chi connectivity index (χ0n) is 15.5. The van der Waals surface area contributed by atoms with Crippen LogP contribution in [0.2, 0.25) is 0 Å². The molecule has 3 unspecified atom stereocenters. The molecule has 0 spiro atoms. The summed E-state index contributed by atoms with van der Waals surface area (Å²) in [6.07, 6.45) is 5.70. The largest absolute Gasteiger partial charge is 0.494 e. The topological polar surface area (TPSA) is 39.7 Å². The van der Waals surface area contributed by atoms with Gasteiger partial charge in [0, 0.05) is 11.6 Å². The Morgan fingerprint density at radius 3 is 2.65 bits per heavy atom. The van der Waals surface area contributed by atoms with Crippen LogP contribution < -0.4 is 19.5 Å². The number of benzene rings is 2. The number of ether oxygens (including phenoxy) is 3. The van der Waals surface area contributed by atoms with Crippen molar-refractivity contribution >= 4 is 5.69 Å². The summed E-state index contributed by atoms with van der Waals surface area (Å²) >= 11 is 0. The highest BCUT2D eigenvalue weighted by Crippen LogP contribution is 2.51. The highest BCUT2D eigenvalue weighted by atomic mass is 16.5. The third-order valence-electron chi connectivity index (χ3n) is 5.41. The van der Waals surface area contributed by atoms with Crippen molar-refractivity contribution in [3.63, 3.8) is 0 Å². The van der Waals surface area contributed by atoms with Gasteiger partial charge in [0.2, 0.25) is 0 Å². The van der Waals surface area contributed by atoms with Crippen LogP contribution in [0, 0.1) is 5.92 Å². The fourth-order valence-corrected chi connectivity index (χ4v) is 4.21. The summed E-state index contributed by atoms with van der Waals surface area (Å²) in [5.41, 5.74) is 3.73. The Hall–Kier alpha value is -2.62. The molecule has 3 atom stereocenters. The lowest BCUT2D eigenvalue weighted by molar-refractivity contribution is 0.338. The van der Waals surface area contributed by atoms with Crippen LogP contribution in [0.4, 0.5) is 5.69 Å². The predicted octanol–water partition coefficient (Wildman–Crippen LogP) is 4.93. The normalized spacial score (nSPS) is 23.0. The van der Waals surface area contributed by atoms with Gasteiger partial charge in [-0.05, 0) is 60.7 Å². The van der Waals surface area contributed by atoms with E-state index in [0.29, 0.717) is 18.4 Å². The molecule has 1 heterocycles. The van der Waals surface area contributed by atoms with Crippen LogP contribution in [0.1, 0.15) is 36.4 Å². The molecule has 0 fully saturated rings. The van der Waals surface area contributed by atoms with Crippen molar-refractivity contribution in [1.82, 2.24) is 0 Å². The second-order valence-corrected chi connectivity index (χ2v) is 6.77. The van der Waals surface area contributed by atoms with Gasteiger partial charge >= 0.3 is 0 Å². The van der Waals surface area contributed by atoms with Crippen LogP contribution in [-0.2, 0) is 0 Å². The maximum Gasteiger partial charge on any atom is 0.161 e. The van der Waals surface area contributed by atoms with E-state index < -0.39 is 0 Å². The van der Waals surface area contributed by atoms with Crippen molar-refractivity contribution in [2.24, 2.45) is 5.92 Å². The molecule has 2 aromatic rings. The van der Waals surface area contributed by atoms with Gasteiger partial charge in [-0.25, -0.2) is 0 Å². The number of rotatable bonds is 5. The first-order valence-electron chi connectivity index (χ1n) is 9.17. The number of nitrogens with one attached hydrogen (secondary N) is 1. The third kappa shape index (κ3) is 2.79. The Bertz CT molecular complexity index is 830. The van der Waals surface area contributed by atoms with Crippen LogP contribution >= 0.6 is 0 Å². The molecular weight excluding hydrogens is 326 g/mol. The van der Waals surface area contributed by atoms with Crippen molar-refractivity contribution in [1.29, 1.82) is 0 Å². The summed E-state index contributed by atoms with van der Waals surface area (Å²) in [7, 11) is 3.35. The SMILES string of the molecule is CCOc1ccc2c(c1)C1C=CCC1C(c1ccc(OC)c(OC)c1)N2. The average molecular weight is 351 g/mol. The van der Waals surface area contributed by atoms with Crippen LogP contribution in [0.25, 0.3) is 0 Å². The average Bonchev–Trinajstić information content (AvgIpc) is 3.17. The number of anilines is 1. The zero-order chi connectivity index (χ0) is 18.1. The Kier molecular flexibility index (Phi) is 4.49. The summed E-state index contributed by atoms with van der Waals surface area (Å²) in [6.45, 7) is 2.70. The van der Waals surface area contributed by atoms with E-state index in [0.717, 1.165) is 23.7 Å². The molecule has 136 valence electrons. The van der Waals surface area contributed by atoms with Crippen molar-refractivity contribution in [3.05, 3.63) is 59.7 Å². The molecule has 1 aliphatic heterocycles. The first-order chi connectivity index (χ1) is 12.7. The summed E-state index contributed by atoms with van der Waals surface area (Å²) < 4.78 is 16.6. The summed E-state index contributed by atoms with van der Waals surface area (Å²) in [4.78, 5) is 0. The minimum Gasteiger partial charge on any atom is -0.494 e. The Morgan fingerprint density at radius 1 is 1.04 bits per heavy atom. The molecular formula is C22H25NO3. The van der Waals surface area contributed by atoms with Gasteiger partial charge in [0.15, 0.2) is 11.5 Å². The first kappa shape index (κ1) is 16.8. The van der Waals surface area contributed by atoms with Crippen molar-refractivity contribution in [2.45, 2.75) is 25.3 Å². The fourth-order valence-electron chi connectivity index (χ4n) is 4.21. The number of hydrogen-bond acceptors (Lipinski definition) is 4. The highest BCUT2D eigenvalue weighted by Gasteiger charge is 2.38. The molecule has 2 aliphatic rings. The van der Waals surface area contributed by atoms with Gasteiger partial charge in [0.05, 0.1) is 26.9 Å². The molecule has 1 aliphatic carbocycles. The second kappa shape index (κ2) is 6.94. The smallest absolute Gasteiger partial charge is 0.161 e. The molecule has 2 aromatic carbocycles. The molecule has 0 saturated carbocycles. The number of hydrogen-bond donors (Lipinski definition) is 1. The predicted molar refractivity (Wildman–Crippen MR) is 104 cm³/mol. The van der Waals surface area contributed by atoms with Gasteiger partial charge in [-0.1, -0.05) is 18.2 Å². The van der Waals surface area contributed by atoms with Crippen molar-refractivity contribution in [3.8, 4) is 17.2 Å². The maximum atomic E-state index is 5.71. The molecule has 0 radical (unpaired) electrons. The zero-order valence-corrected chi connectivity index (χ0v) is 15.5. The summed E-state index contributed by atoms with van der Waals surface area (Å²) in [5, 5.41) is 3.75. The monoisotopic (exact) mass is 351 g/mol. The van der Waals surface area contributed by atoms with Crippen molar-refractivity contribution < 1.29 is 14.2 Å². The number of methoxy groups -OCH3 is 2. The van der Waals surface area contributed by atoms with Crippen LogP contribution in [-0.4, -0.2) is 20.8 Å². The molecule has 4 rings (SSSR count). The fraction of sp³-hybridized carbons (Fsp3) is 0.364. The Morgan fingerprint density at radius 2 is 1.88 bits per heavy atom. The van der Waals surface area contributed by atoms with Gasteiger partial charge < -0.3 is 19.5 Å². The minimum absolute atomic E-state index is 0.236. The van der Waals surface area contributed by atoms with E-state index in [9.17, 15) is 0 Å². The van der Waals surface area contributed by atoms with Gasteiger partial charge in [0.25, 0.3) is 0 Å². The van der Waals surface area contributed by atoms with E-state index in [1.807, 2.05) is 19.1 Å². The van der Waals surface area contributed by atoms with E-state index in [1.165, 1.54) is 16.8 Å². The maximum absolute atomic E-state index is 5.71. The lowest BCUT2D eigenvalue weighted by atomic mass is 9.77. The minimum atomic E-state index is 0.236. The standard InChI is InChI=1S/C22H25NO3/c1-4-26-15-9-10-19-18(13-15)16-6-5-7-17(16)22(23-19)14-8-11-20(24-2)21(12-14)25-3/h5-6,8-13,16-17,22-23H,4,7H2,1-3H3. The first-order valence-corrected chi connectivity index (χ1v) is 9.17. The summed E-state index contributed by atoms with van der Waals surface area (Å²) in [6, 6.07) is 12.8. The van der Waals surface area contributed by atoms with Gasteiger partial charge in [-0.3, -0.25) is 0 Å². The molecule has 0 aromatic heterocycles. The molecule has 4 nitrogen and oxygen atoms in total. The van der Waals surface area contributed by atoms with Crippen LogP contribution in [0.5, 0.6) is 17.2 Å². The van der Waals surface area contributed by atoms with E-state index >= 15 is 0 Å². The van der Waals surface area contributed by atoms with E-state index in [-0.39, 0.29) is 6.04 Å². The molecule has 1 N–H and O–H groups in total. The van der Waals surface area contributed by atoms with Crippen molar-refractivity contribution in [2.75, 3.05) is 26.1 Å². The van der Waals surface area contributed by atoms with Crippen LogP contribution in [0.15, 0.2) is 48.6 Å². The summed E-state index contributed by atoms with van der Waals surface area (Å²) in [5.74, 6) is 3.36. The molecule has 0 amide bonds. The van der Waals surface area contributed by atoms with Gasteiger partial charge in [-0.2, -0.15) is 0 Å². The van der Waals surface area contributed by atoms with Gasteiger partial charge in [-0.15, -0.1) is 0 Å². The number of fused-ring (bicyclic) bond motifs is 3. The lowest BCUT2D eigenvalue weighted by Gasteiger charge is -2.37. The molecule has 0 bridgehead atoms. The Labute approximate surface area is 154 Å². The highest BCUT2D eigenvalue weighted by molar-refractivity contribution is 5.62. The second-order valence-electron chi connectivity index (χ2n) is 6.77. The lowest BCUT2D eigenvalue weighted by Crippen LogP contribution is -2.29. The molecule has 26 heavy (non-hydrogen) atoms. The van der Waals surface area contributed by atoms with Crippen LogP contribution in [0.3, 0.4) is 0 Å². The Balaban J connectivity index is 1.72. The number of allylic oxidation sites excluding steroid dienone is 2. The third-order valence-corrected chi connectivity index (χ3v) is 5.41. The molecule has 0 saturated heterocycles.